The zero-order valence-electron chi connectivity index (χ0n) is 24.2. The van der Waals surface area contributed by atoms with Crippen molar-refractivity contribution in [2.24, 2.45) is 13.0 Å². The first-order valence-corrected chi connectivity index (χ1v) is 14.9. The van der Waals surface area contributed by atoms with Crippen molar-refractivity contribution in [1.29, 1.82) is 0 Å². The van der Waals surface area contributed by atoms with Gasteiger partial charge >= 0.3 is 0 Å². The van der Waals surface area contributed by atoms with Crippen LogP contribution in [0.25, 0.3) is 33.1 Å². The number of anilines is 1. The van der Waals surface area contributed by atoms with Gasteiger partial charge in [0.25, 0.3) is 5.56 Å². The third kappa shape index (κ3) is 5.39. The molecule has 0 spiro atoms. The molecular weight excluding hydrogens is 553 g/mol. The van der Waals surface area contributed by atoms with Crippen LogP contribution in [0.2, 0.25) is 5.15 Å². The smallest absolute Gasteiger partial charge is 0.259 e. The van der Waals surface area contributed by atoms with E-state index in [2.05, 4.69) is 33.2 Å². The summed E-state index contributed by atoms with van der Waals surface area (Å²) in [5.74, 6) is 0.0713. The molecule has 0 bridgehead atoms. The molecule has 0 radical (unpaired) electrons. The normalized spacial score (nSPS) is 14.7. The van der Waals surface area contributed by atoms with E-state index in [1.165, 1.54) is 12.4 Å². The fourth-order valence-corrected chi connectivity index (χ4v) is 6.42. The molecule has 6 rings (SSSR count). The van der Waals surface area contributed by atoms with E-state index in [1.54, 1.807) is 16.7 Å². The molecule has 10 heteroatoms. The molecule has 0 unspecified atom stereocenters. The summed E-state index contributed by atoms with van der Waals surface area (Å²) in [6.45, 7) is 8.88. The van der Waals surface area contributed by atoms with Crippen LogP contribution < -0.4 is 10.9 Å². The first kappa shape index (κ1) is 28.3. The molecular formula is C32H35ClFN7O. The number of hydrogen-bond donors (Lipinski definition) is 1. The van der Waals surface area contributed by atoms with Crippen molar-refractivity contribution < 1.29 is 4.39 Å². The van der Waals surface area contributed by atoms with Gasteiger partial charge in [0.15, 0.2) is 5.82 Å². The quantitative estimate of drug-likeness (QED) is 0.230. The Labute approximate surface area is 249 Å². The molecule has 1 aromatic carbocycles. The summed E-state index contributed by atoms with van der Waals surface area (Å²) >= 11 is 6.17. The van der Waals surface area contributed by atoms with E-state index in [0.717, 1.165) is 66.6 Å². The summed E-state index contributed by atoms with van der Waals surface area (Å²) in [4.78, 5) is 24.4. The van der Waals surface area contributed by atoms with Gasteiger partial charge in [0.05, 0.1) is 23.8 Å². The topological polar surface area (TPSA) is 80.9 Å². The Bertz CT molecular complexity index is 1820. The van der Waals surface area contributed by atoms with Crippen molar-refractivity contribution >= 4 is 39.1 Å². The Balaban J connectivity index is 1.33. The van der Waals surface area contributed by atoms with Gasteiger partial charge in [-0.25, -0.2) is 14.1 Å². The number of pyridine rings is 3. The lowest BCUT2D eigenvalue weighted by Gasteiger charge is -2.31. The van der Waals surface area contributed by atoms with E-state index >= 15 is 0 Å². The SMILES string of the molecule is CCN1CCC(Cn2ncc3c4c(CCNc5ccc(Cl)nc5-c5ccncc5F)cc(C)cc4c(=O)n(C)c32)CC1. The Morgan fingerprint density at radius 3 is 2.69 bits per heavy atom. The Morgan fingerprint density at radius 2 is 1.93 bits per heavy atom. The highest BCUT2D eigenvalue weighted by atomic mass is 35.5. The summed E-state index contributed by atoms with van der Waals surface area (Å²) in [6, 6.07) is 9.19. The number of nitrogens with zero attached hydrogens (tertiary/aromatic N) is 6. The fourth-order valence-electron chi connectivity index (χ4n) is 6.28. The lowest BCUT2D eigenvalue weighted by atomic mass is 9.96. The van der Waals surface area contributed by atoms with Gasteiger partial charge in [-0.05, 0) is 81.6 Å². The van der Waals surface area contributed by atoms with Gasteiger partial charge in [-0.15, -0.1) is 0 Å². The van der Waals surface area contributed by atoms with Crippen molar-refractivity contribution in [1.82, 2.24) is 29.2 Å². The fraction of sp³-hybridized carbons (Fsp3) is 0.375. The summed E-state index contributed by atoms with van der Waals surface area (Å²) in [5.41, 5.74) is 4.36. The molecule has 1 saturated heterocycles. The highest BCUT2D eigenvalue weighted by molar-refractivity contribution is 6.29. The maximum Gasteiger partial charge on any atom is 0.259 e. The molecule has 1 fully saturated rings. The van der Waals surface area contributed by atoms with Gasteiger partial charge < -0.3 is 10.2 Å². The molecule has 0 aliphatic carbocycles. The van der Waals surface area contributed by atoms with Gasteiger partial charge in [-0.2, -0.15) is 5.10 Å². The largest absolute Gasteiger partial charge is 0.383 e. The minimum atomic E-state index is -0.467. The maximum atomic E-state index is 14.6. The lowest BCUT2D eigenvalue weighted by Crippen LogP contribution is -2.35. The van der Waals surface area contributed by atoms with Crippen molar-refractivity contribution in [3.63, 3.8) is 0 Å². The standard InChI is InChI=1S/C32H35ClFN7O/c1-4-40-13-9-21(10-14-40)19-41-31-25(17-37-41)29-22(15-20(2)16-24(29)32(42)39(31)3)7-12-36-27-5-6-28(33)38-30(27)23-8-11-35-18-26(23)34/h5-6,8,11,15-18,21,36H,4,7,9-10,12-14,19H2,1-3H3. The summed E-state index contributed by atoms with van der Waals surface area (Å²) < 4.78 is 18.4. The second-order valence-corrected chi connectivity index (χ2v) is 11.6. The molecule has 8 nitrogen and oxygen atoms in total. The highest BCUT2D eigenvalue weighted by Crippen LogP contribution is 2.31. The molecule has 0 atom stereocenters. The molecule has 1 N–H and O–H groups in total. The predicted molar refractivity (Wildman–Crippen MR) is 167 cm³/mol. The molecule has 42 heavy (non-hydrogen) atoms. The monoisotopic (exact) mass is 587 g/mol. The first-order chi connectivity index (χ1) is 20.3. The average Bonchev–Trinajstić information content (AvgIpc) is 3.40. The van der Waals surface area contributed by atoms with E-state index in [0.29, 0.717) is 41.2 Å². The van der Waals surface area contributed by atoms with Gasteiger partial charge in [-0.3, -0.25) is 14.3 Å². The van der Waals surface area contributed by atoms with Gasteiger partial charge in [0.2, 0.25) is 0 Å². The van der Waals surface area contributed by atoms with Crippen molar-refractivity contribution in [3.05, 3.63) is 81.4 Å². The zero-order chi connectivity index (χ0) is 29.4. The number of fused-ring (bicyclic) bond motifs is 3. The highest BCUT2D eigenvalue weighted by Gasteiger charge is 2.22. The summed E-state index contributed by atoms with van der Waals surface area (Å²) in [6.07, 6.45) is 7.53. The number of halogens is 2. The molecule has 1 aliphatic heterocycles. The first-order valence-electron chi connectivity index (χ1n) is 14.5. The Morgan fingerprint density at radius 1 is 1.12 bits per heavy atom. The Hall–Kier alpha value is -3.82. The van der Waals surface area contributed by atoms with E-state index in [9.17, 15) is 9.18 Å². The van der Waals surface area contributed by atoms with Crippen LogP contribution in [0.3, 0.4) is 0 Å². The van der Waals surface area contributed by atoms with E-state index in [4.69, 9.17) is 16.7 Å². The molecule has 5 heterocycles. The number of rotatable bonds is 8. The number of likely N-dealkylation sites (tertiary alicyclic amines) is 1. The number of hydrogen-bond acceptors (Lipinski definition) is 6. The van der Waals surface area contributed by atoms with Crippen molar-refractivity contribution in [2.45, 2.75) is 39.7 Å². The van der Waals surface area contributed by atoms with Crippen LogP contribution in [0.15, 0.2) is 53.7 Å². The number of nitrogens with one attached hydrogen (secondary N) is 1. The number of piperidine rings is 1. The van der Waals surface area contributed by atoms with E-state index in [1.807, 2.05) is 37.0 Å². The summed E-state index contributed by atoms with van der Waals surface area (Å²) in [7, 11) is 1.85. The van der Waals surface area contributed by atoms with Crippen molar-refractivity contribution in [2.75, 3.05) is 31.5 Å². The number of aryl methyl sites for hydroxylation is 2. The van der Waals surface area contributed by atoms with Gasteiger partial charge in [0.1, 0.15) is 10.8 Å². The zero-order valence-corrected chi connectivity index (χ0v) is 25.0. The third-order valence-electron chi connectivity index (χ3n) is 8.48. The van der Waals surface area contributed by atoms with E-state index in [-0.39, 0.29) is 10.7 Å². The number of benzene rings is 1. The predicted octanol–water partition coefficient (Wildman–Crippen LogP) is 5.83. The molecule has 0 amide bonds. The Kier molecular flexibility index (Phi) is 7.96. The van der Waals surface area contributed by atoms with Gasteiger partial charge in [-0.1, -0.05) is 30.2 Å². The van der Waals surface area contributed by atoms with Crippen LogP contribution in [0.1, 0.15) is 30.9 Å². The van der Waals surface area contributed by atoms with Crippen LogP contribution in [0, 0.1) is 18.7 Å². The maximum absolute atomic E-state index is 14.6. The molecule has 5 aromatic rings. The lowest BCUT2D eigenvalue weighted by molar-refractivity contribution is 0.179. The van der Waals surface area contributed by atoms with Crippen LogP contribution in [0.4, 0.5) is 10.1 Å². The van der Waals surface area contributed by atoms with Crippen LogP contribution in [0.5, 0.6) is 0 Å². The molecule has 1 aliphatic rings. The molecule has 4 aromatic heterocycles. The van der Waals surface area contributed by atoms with Crippen LogP contribution in [-0.2, 0) is 20.0 Å². The molecule has 218 valence electrons. The van der Waals surface area contributed by atoms with Crippen molar-refractivity contribution in [3.8, 4) is 11.3 Å². The van der Waals surface area contributed by atoms with Crippen LogP contribution >= 0.6 is 11.6 Å². The molecule has 0 saturated carbocycles. The van der Waals surface area contributed by atoms with E-state index < -0.39 is 5.82 Å². The minimum absolute atomic E-state index is 0.0182. The second-order valence-electron chi connectivity index (χ2n) is 11.2. The minimum Gasteiger partial charge on any atom is -0.383 e. The summed E-state index contributed by atoms with van der Waals surface area (Å²) in [5, 5.41) is 11.1. The van der Waals surface area contributed by atoms with Gasteiger partial charge in [0, 0.05) is 48.1 Å². The second kappa shape index (κ2) is 11.8. The average molecular weight is 588 g/mol. The number of aromatic nitrogens is 5. The third-order valence-corrected chi connectivity index (χ3v) is 8.69. The van der Waals surface area contributed by atoms with Crippen LogP contribution in [-0.4, -0.2) is 55.4 Å².